The summed E-state index contributed by atoms with van der Waals surface area (Å²) in [7, 11) is 0. The summed E-state index contributed by atoms with van der Waals surface area (Å²) in [6.45, 7) is 18.2. The molecule has 0 aromatic rings. The molecule has 1 unspecified atom stereocenters. The van der Waals surface area contributed by atoms with Crippen molar-refractivity contribution in [2.45, 2.75) is 45.7 Å². The van der Waals surface area contributed by atoms with Crippen LogP contribution in [0.15, 0.2) is 0 Å². The molecule has 2 saturated heterocycles. The van der Waals surface area contributed by atoms with Gasteiger partial charge in [-0.3, -0.25) is 9.80 Å². The smallest absolute Gasteiger partial charge is 0.0113 e. The fourth-order valence-corrected chi connectivity index (χ4v) is 3.42. The highest BCUT2D eigenvalue weighted by molar-refractivity contribution is 4.76. The van der Waals surface area contributed by atoms with Crippen molar-refractivity contribution in [3.8, 4) is 0 Å². The zero-order chi connectivity index (χ0) is 14.4. The molecular weight excluding hydrogens is 248 g/mol. The molecule has 0 aromatic carbocycles. The van der Waals surface area contributed by atoms with Crippen LogP contribution in [0.4, 0.5) is 0 Å². The second kappa shape index (κ2) is 8.32. The summed E-state index contributed by atoms with van der Waals surface area (Å²) in [5, 5.41) is 3.44. The van der Waals surface area contributed by atoms with Crippen molar-refractivity contribution >= 4 is 0 Å². The fraction of sp³-hybridized carbons (Fsp3) is 1.00. The van der Waals surface area contributed by atoms with E-state index in [2.05, 4.69) is 40.8 Å². The minimum absolute atomic E-state index is 0.713. The van der Waals surface area contributed by atoms with Crippen molar-refractivity contribution in [3.63, 3.8) is 0 Å². The average molecular weight is 282 g/mol. The van der Waals surface area contributed by atoms with Crippen molar-refractivity contribution in [1.29, 1.82) is 0 Å². The molecule has 2 rings (SSSR count). The lowest BCUT2D eigenvalue weighted by Crippen LogP contribution is -2.49. The lowest BCUT2D eigenvalue weighted by Gasteiger charge is -2.37. The van der Waals surface area contributed by atoms with Gasteiger partial charge in [0, 0.05) is 64.4 Å². The summed E-state index contributed by atoms with van der Waals surface area (Å²) in [6.07, 6.45) is 2.71. The molecule has 0 aromatic heterocycles. The molecule has 0 amide bonds. The third kappa shape index (κ3) is 4.99. The Morgan fingerprint density at radius 3 is 2.10 bits per heavy atom. The van der Waals surface area contributed by atoms with E-state index < -0.39 is 0 Å². The van der Waals surface area contributed by atoms with Crippen LogP contribution in [0.5, 0.6) is 0 Å². The van der Waals surface area contributed by atoms with Gasteiger partial charge in [-0.1, -0.05) is 0 Å². The quantitative estimate of drug-likeness (QED) is 0.787. The van der Waals surface area contributed by atoms with Gasteiger partial charge in [0.2, 0.25) is 0 Å². The Bertz CT molecular complexity index is 255. The monoisotopic (exact) mass is 282 g/mol. The Hall–Kier alpha value is -0.160. The van der Waals surface area contributed by atoms with Crippen LogP contribution in [0.2, 0.25) is 0 Å². The predicted octanol–water partition coefficient (Wildman–Crippen LogP) is 1.09. The molecule has 0 saturated carbocycles. The minimum Gasteiger partial charge on any atom is -0.314 e. The zero-order valence-electron chi connectivity index (χ0n) is 13.8. The molecule has 1 N–H and O–H groups in total. The Kier molecular flexibility index (Phi) is 6.75. The molecule has 0 bridgehead atoms. The summed E-state index contributed by atoms with van der Waals surface area (Å²) >= 11 is 0. The third-order valence-electron chi connectivity index (χ3n) is 5.01. The molecule has 0 spiro atoms. The maximum absolute atomic E-state index is 3.44. The number of hydrogen-bond donors (Lipinski definition) is 1. The van der Waals surface area contributed by atoms with Gasteiger partial charge in [0.1, 0.15) is 0 Å². The average Bonchev–Trinajstić information content (AvgIpc) is 2.48. The first-order valence-corrected chi connectivity index (χ1v) is 8.58. The SMILES string of the molecule is CC(C)N1CCN(CCCC(C)N2CCNCC2)CC1. The largest absolute Gasteiger partial charge is 0.314 e. The molecule has 0 aliphatic carbocycles. The van der Waals surface area contributed by atoms with Gasteiger partial charge in [0.25, 0.3) is 0 Å². The normalized spacial score (nSPS) is 25.2. The lowest BCUT2D eigenvalue weighted by molar-refractivity contribution is 0.103. The highest BCUT2D eigenvalue weighted by atomic mass is 15.3. The fourth-order valence-electron chi connectivity index (χ4n) is 3.42. The van der Waals surface area contributed by atoms with Crippen LogP contribution in [-0.2, 0) is 0 Å². The van der Waals surface area contributed by atoms with Gasteiger partial charge < -0.3 is 10.2 Å². The van der Waals surface area contributed by atoms with Crippen LogP contribution in [-0.4, -0.2) is 85.7 Å². The summed E-state index contributed by atoms with van der Waals surface area (Å²) in [6, 6.07) is 1.47. The van der Waals surface area contributed by atoms with E-state index in [0.717, 1.165) is 6.04 Å². The van der Waals surface area contributed by atoms with E-state index in [1.165, 1.54) is 71.7 Å². The topological polar surface area (TPSA) is 21.8 Å². The lowest BCUT2D eigenvalue weighted by atomic mass is 10.1. The van der Waals surface area contributed by atoms with Gasteiger partial charge >= 0.3 is 0 Å². The second-order valence-electron chi connectivity index (χ2n) is 6.75. The molecule has 2 aliphatic rings. The van der Waals surface area contributed by atoms with Gasteiger partial charge in [-0.25, -0.2) is 0 Å². The van der Waals surface area contributed by atoms with Crippen molar-refractivity contribution in [3.05, 3.63) is 0 Å². The molecule has 0 radical (unpaired) electrons. The number of nitrogens with zero attached hydrogens (tertiary/aromatic N) is 3. The van der Waals surface area contributed by atoms with Crippen LogP contribution in [0.25, 0.3) is 0 Å². The Morgan fingerprint density at radius 1 is 0.850 bits per heavy atom. The van der Waals surface area contributed by atoms with Crippen LogP contribution in [0.1, 0.15) is 33.6 Å². The van der Waals surface area contributed by atoms with Crippen LogP contribution in [0, 0.1) is 0 Å². The van der Waals surface area contributed by atoms with Gasteiger partial charge in [-0.15, -0.1) is 0 Å². The summed E-state index contributed by atoms with van der Waals surface area (Å²) in [5.41, 5.74) is 0. The van der Waals surface area contributed by atoms with Crippen LogP contribution in [0.3, 0.4) is 0 Å². The minimum atomic E-state index is 0.713. The first-order chi connectivity index (χ1) is 9.66. The van der Waals surface area contributed by atoms with Crippen LogP contribution < -0.4 is 5.32 Å². The zero-order valence-corrected chi connectivity index (χ0v) is 13.8. The standard InChI is InChI=1S/C16H34N4/c1-15(2)19-13-11-18(12-14-19)8-4-5-16(3)20-9-6-17-7-10-20/h15-17H,4-14H2,1-3H3. The molecular formula is C16H34N4. The van der Waals surface area contributed by atoms with E-state index in [9.17, 15) is 0 Å². The van der Waals surface area contributed by atoms with E-state index in [1.807, 2.05) is 0 Å². The Balaban J connectivity index is 1.57. The van der Waals surface area contributed by atoms with E-state index in [1.54, 1.807) is 0 Å². The number of nitrogens with one attached hydrogen (secondary N) is 1. The molecule has 20 heavy (non-hydrogen) atoms. The van der Waals surface area contributed by atoms with E-state index in [4.69, 9.17) is 0 Å². The number of rotatable bonds is 6. The molecule has 2 heterocycles. The van der Waals surface area contributed by atoms with Gasteiger partial charge in [-0.05, 0) is 40.2 Å². The molecule has 118 valence electrons. The van der Waals surface area contributed by atoms with Crippen molar-refractivity contribution < 1.29 is 0 Å². The van der Waals surface area contributed by atoms with Crippen molar-refractivity contribution in [2.24, 2.45) is 0 Å². The first-order valence-electron chi connectivity index (χ1n) is 8.58. The van der Waals surface area contributed by atoms with Gasteiger partial charge in [0.05, 0.1) is 0 Å². The highest BCUT2D eigenvalue weighted by Crippen LogP contribution is 2.10. The van der Waals surface area contributed by atoms with Crippen LogP contribution >= 0.6 is 0 Å². The molecule has 1 atom stereocenters. The van der Waals surface area contributed by atoms with E-state index in [-0.39, 0.29) is 0 Å². The van der Waals surface area contributed by atoms with E-state index in [0.29, 0.717) is 6.04 Å². The summed E-state index contributed by atoms with van der Waals surface area (Å²) in [5.74, 6) is 0. The molecule has 2 fully saturated rings. The summed E-state index contributed by atoms with van der Waals surface area (Å²) in [4.78, 5) is 7.90. The van der Waals surface area contributed by atoms with Gasteiger partial charge in [-0.2, -0.15) is 0 Å². The maximum Gasteiger partial charge on any atom is 0.0113 e. The molecule has 4 heteroatoms. The van der Waals surface area contributed by atoms with Crippen molar-refractivity contribution in [1.82, 2.24) is 20.0 Å². The maximum atomic E-state index is 3.44. The van der Waals surface area contributed by atoms with Crippen molar-refractivity contribution in [2.75, 3.05) is 58.9 Å². The number of piperazine rings is 2. The molecule has 4 nitrogen and oxygen atoms in total. The third-order valence-corrected chi connectivity index (χ3v) is 5.01. The highest BCUT2D eigenvalue weighted by Gasteiger charge is 2.19. The second-order valence-corrected chi connectivity index (χ2v) is 6.75. The first kappa shape index (κ1) is 16.2. The van der Waals surface area contributed by atoms with E-state index >= 15 is 0 Å². The molecule has 2 aliphatic heterocycles. The Morgan fingerprint density at radius 2 is 1.50 bits per heavy atom. The number of hydrogen-bond acceptors (Lipinski definition) is 4. The summed E-state index contributed by atoms with van der Waals surface area (Å²) < 4.78 is 0. The predicted molar refractivity (Wildman–Crippen MR) is 86.3 cm³/mol. The van der Waals surface area contributed by atoms with Gasteiger partial charge in [0.15, 0.2) is 0 Å². The Labute approximate surface area is 125 Å².